The van der Waals surface area contributed by atoms with Crippen molar-refractivity contribution in [3.8, 4) is 11.3 Å². The summed E-state index contributed by atoms with van der Waals surface area (Å²) in [7, 11) is 0. The van der Waals surface area contributed by atoms with Crippen LogP contribution in [0.15, 0.2) is 24.3 Å². The maximum atomic E-state index is 6.17. The highest BCUT2D eigenvalue weighted by Gasteiger charge is 2.56. The SMILES string of the molecule is Cc1ccc(-c2nnn3c2CO[C@@H]2[C@H]4OC(C)(C)O[C@H]4O[C@@H]2C3)cc1. The molecule has 0 aliphatic carbocycles. The predicted octanol–water partition coefficient (Wildman–Crippen LogP) is 2.03. The van der Waals surface area contributed by atoms with Gasteiger partial charge in [-0.2, -0.15) is 0 Å². The van der Waals surface area contributed by atoms with Gasteiger partial charge in [-0.25, -0.2) is 4.68 Å². The summed E-state index contributed by atoms with van der Waals surface area (Å²) in [5, 5.41) is 8.69. The Morgan fingerprint density at radius 1 is 1.12 bits per heavy atom. The Labute approximate surface area is 145 Å². The van der Waals surface area contributed by atoms with Crippen molar-refractivity contribution < 1.29 is 18.9 Å². The Morgan fingerprint density at radius 2 is 1.92 bits per heavy atom. The van der Waals surface area contributed by atoms with Gasteiger partial charge < -0.3 is 18.9 Å². The molecule has 2 fully saturated rings. The van der Waals surface area contributed by atoms with Gasteiger partial charge in [0.25, 0.3) is 0 Å². The molecule has 0 N–H and O–H groups in total. The first kappa shape index (κ1) is 15.5. The van der Waals surface area contributed by atoms with Crippen LogP contribution in [0.1, 0.15) is 25.1 Å². The molecular formula is C18H21N3O4. The summed E-state index contributed by atoms with van der Waals surface area (Å²) in [6.07, 6.45) is -0.911. The molecule has 3 aliphatic heterocycles. The molecule has 0 radical (unpaired) electrons. The van der Waals surface area contributed by atoms with Crippen molar-refractivity contribution >= 4 is 0 Å². The van der Waals surface area contributed by atoms with Gasteiger partial charge in [0.2, 0.25) is 0 Å². The first-order chi connectivity index (χ1) is 12.0. The monoisotopic (exact) mass is 343 g/mol. The number of nitrogens with zero attached hydrogens (tertiary/aromatic N) is 3. The largest absolute Gasteiger partial charge is 0.366 e. The quantitative estimate of drug-likeness (QED) is 0.789. The van der Waals surface area contributed by atoms with Gasteiger partial charge in [-0.05, 0) is 20.8 Å². The first-order valence-corrected chi connectivity index (χ1v) is 8.62. The van der Waals surface area contributed by atoms with Crippen LogP contribution in [0.4, 0.5) is 0 Å². The lowest BCUT2D eigenvalue weighted by molar-refractivity contribution is -0.219. The van der Waals surface area contributed by atoms with Gasteiger partial charge >= 0.3 is 0 Å². The number of fused-ring (bicyclic) bond motifs is 4. The molecule has 7 heteroatoms. The second kappa shape index (κ2) is 5.35. The maximum Gasteiger partial charge on any atom is 0.190 e. The number of hydrogen-bond acceptors (Lipinski definition) is 6. The van der Waals surface area contributed by atoms with Crippen LogP contribution in [-0.2, 0) is 32.1 Å². The van der Waals surface area contributed by atoms with Gasteiger partial charge in [0.1, 0.15) is 24.0 Å². The average Bonchev–Trinajstić information content (AvgIpc) is 3.14. The van der Waals surface area contributed by atoms with Crippen molar-refractivity contribution in [3.05, 3.63) is 35.5 Å². The fourth-order valence-corrected chi connectivity index (χ4v) is 3.80. The second-order valence-electron chi connectivity index (χ2n) is 7.35. The van der Waals surface area contributed by atoms with Gasteiger partial charge in [0.05, 0.1) is 18.8 Å². The normalized spacial score (nSPS) is 32.8. The molecule has 3 aliphatic rings. The van der Waals surface area contributed by atoms with E-state index in [1.807, 2.05) is 18.5 Å². The molecule has 5 rings (SSSR count). The summed E-state index contributed by atoms with van der Waals surface area (Å²) in [6.45, 7) is 6.86. The number of hydrogen-bond donors (Lipinski definition) is 0. The highest BCUT2D eigenvalue weighted by atomic mass is 16.8. The lowest BCUT2D eigenvalue weighted by Gasteiger charge is -2.23. The smallest absolute Gasteiger partial charge is 0.190 e. The molecule has 0 saturated carbocycles. The van der Waals surface area contributed by atoms with Crippen LogP contribution >= 0.6 is 0 Å². The van der Waals surface area contributed by atoms with Crippen LogP contribution in [0.25, 0.3) is 11.3 Å². The van der Waals surface area contributed by atoms with Crippen LogP contribution in [0.3, 0.4) is 0 Å². The molecule has 132 valence electrons. The molecule has 2 aromatic rings. The van der Waals surface area contributed by atoms with Crippen LogP contribution in [0.2, 0.25) is 0 Å². The number of benzene rings is 1. The van der Waals surface area contributed by atoms with E-state index < -0.39 is 5.79 Å². The number of aryl methyl sites for hydroxylation is 1. The van der Waals surface area contributed by atoms with Gasteiger partial charge in [0.15, 0.2) is 12.1 Å². The number of ether oxygens (including phenoxy) is 4. The van der Waals surface area contributed by atoms with Crippen molar-refractivity contribution in [1.82, 2.24) is 15.0 Å². The minimum Gasteiger partial charge on any atom is -0.366 e. The Bertz CT molecular complexity index is 801. The molecule has 0 bridgehead atoms. The summed E-state index contributed by atoms with van der Waals surface area (Å²) >= 11 is 0. The predicted molar refractivity (Wildman–Crippen MR) is 87.5 cm³/mol. The van der Waals surface area contributed by atoms with Crippen LogP contribution < -0.4 is 0 Å². The molecule has 4 heterocycles. The Morgan fingerprint density at radius 3 is 2.72 bits per heavy atom. The molecule has 25 heavy (non-hydrogen) atoms. The molecule has 1 aromatic heterocycles. The zero-order valence-corrected chi connectivity index (χ0v) is 14.5. The van der Waals surface area contributed by atoms with E-state index in [-0.39, 0.29) is 24.6 Å². The van der Waals surface area contributed by atoms with Crippen LogP contribution in [-0.4, -0.2) is 45.4 Å². The number of aromatic nitrogens is 3. The van der Waals surface area contributed by atoms with E-state index in [1.54, 1.807) is 0 Å². The van der Waals surface area contributed by atoms with Crippen molar-refractivity contribution in [1.29, 1.82) is 0 Å². The number of rotatable bonds is 1. The lowest BCUT2D eigenvalue weighted by Crippen LogP contribution is -2.37. The van der Waals surface area contributed by atoms with E-state index in [9.17, 15) is 0 Å². The van der Waals surface area contributed by atoms with Crippen LogP contribution in [0, 0.1) is 6.92 Å². The van der Waals surface area contributed by atoms with Crippen molar-refractivity contribution in [2.24, 2.45) is 0 Å². The Hall–Kier alpha value is -1.80. The van der Waals surface area contributed by atoms with Gasteiger partial charge in [0, 0.05) is 5.56 Å². The van der Waals surface area contributed by atoms with Gasteiger partial charge in [-0.15, -0.1) is 5.10 Å². The Balaban J connectivity index is 1.43. The van der Waals surface area contributed by atoms with Crippen molar-refractivity contribution in [2.45, 2.75) is 64.3 Å². The molecule has 7 nitrogen and oxygen atoms in total. The molecule has 2 saturated heterocycles. The van der Waals surface area contributed by atoms with Crippen molar-refractivity contribution in [3.63, 3.8) is 0 Å². The highest BCUT2D eigenvalue weighted by molar-refractivity contribution is 5.61. The molecular weight excluding hydrogens is 322 g/mol. The fourth-order valence-electron chi connectivity index (χ4n) is 3.80. The molecule has 0 spiro atoms. The second-order valence-corrected chi connectivity index (χ2v) is 7.35. The van der Waals surface area contributed by atoms with E-state index >= 15 is 0 Å². The molecule has 0 amide bonds. The molecule has 4 atom stereocenters. The van der Waals surface area contributed by atoms with E-state index in [0.717, 1.165) is 17.0 Å². The summed E-state index contributed by atoms with van der Waals surface area (Å²) in [5.41, 5.74) is 4.09. The van der Waals surface area contributed by atoms with Gasteiger partial charge in [-0.1, -0.05) is 35.0 Å². The third-order valence-corrected chi connectivity index (χ3v) is 5.02. The Kier molecular flexibility index (Phi) is 3.31. The van der Waals surface area contributed by atoms with E-state index in [2.05, 4.69) is 41.5 Å². The minimum absolute atomic E-state index is 0.153. The molecule has 1 aromatic carbocycles. The van der Waals surface area contributed by atoms with Crippen molar-refractivity contribution in [2.75, 3.05) is 0 Å². The lowest BCUT2D eigenvalue weighted by atomic mass is 10.1. The van der Waals surface area contributed by atoms with E-state index in [4.69, 9.17) is 18.9 Å². The zero-order valence-electron chi connectivity index (χ0n) is 14.5. The summed E-state index contributed by atoms with van der Waals surface area (Å²) in [5.74, 6) is -0.641. The first-order valence-electron chi connectivity index (χ1n) is 8.62. The minimum atomic E-state index is -0.641. The fraction of sp³-hybridized carbons (Fsp3) is 0.556. The zero-order chi connectivity index (χ0) is 17.2. The van der Waals surface area contributed by atoms with E-state index in [0.29, 0.717) is 13.2 Å². The van der Waals surface area contributed by atoms with Gasteiger partial charge in [-0.3, -0.25) is 0 Å². The molecule has 0 unspecified atom stereocenters. The standard InChI is InChI=1S/C18H21N3O4/c1-10-4-6-11(7-5-10)14-12-9-22-15-13(8-21(12)20-19-14)23-17-16(15)24-18(2,3)25-17/h4-7,13,15-17H,8-9H2,1-3H3/t13-,15+,16-,17-/m1/s1. The third kappa shape index (κ3) is 2.50. The average molecular weight is 343 g/mol. The summed E-state index contributed by atoms with van der Waals surface area (Å²) in [6, 6.07) is 8.28. The third-order valence-electron chi connectivity index (χ3n) is 5.02. The summed E-state index contributed by atoms with van der Waals surface area (Å²) < 4.78 is 25.9. The van der Waals surface area contributed by atoms with E-state index in [1.165, 1.54) is 5.56 Å². The van der Waals surface area contributed by atoms with Crippen LogP contribution in [0.5, 0.6) is 0 Å². The maximum absolute atomic E-state index is 6.17. The highest BCUT2D eigenvalue weighted by Crippen LogP contribution is 2.40. The topological polar surface area (TPSA) is 67.6 Å². The summed E-state index contributed by atoms with van der Waals surface area (Å²) in [4.78, 5) is 0.